The zero-order valence-electron chi connectivity index (χ0n) is 17.0. The quantitative estimate of drug-likeness (QED) is 0.344. The molecule has 0 unspecified atom stereocenters. The molecule has 0 aliphatic heterocycles. The second kappa shape index (κ2) is 6.10. The lowest BCUT2D eigenvalue weighted by Crippen LogP contribution is -2.41. The van der Waals surface area contributed by atoms with Crippen LogP contribution >= 0.6 is 0 Å². The minimum atomic E-state index is -0.946. The largest absolute Gasteiger partial charge is 0.256 e. The maximum Gasteiger partial charge on any atom is 0.0704 e. The Balaban J connectivity index is 1.72. The smallest absolute Gasteiger partial charge is 0.0704 e. The first kappa shape index (κ1) is 18.2. The molecule has 0 saturated heterocycles. The predicted octanol–water partition coefficient (Wildman–Crippen LogP) is 6.09. The van der Waals surface area contributed by atoms with Gasteiger partial charge in [0.2, 0.25) is 0 Å². The van der Waals surface area contributed by atoms with Gasteiger partial charge < -0.3 is 0 Å². The van der Waals surface area contributed by atoms with E-state index in [-0.39, 0.29) is 5.41 Å². The van der Waals surface area contributed by atoms with Gasteiger partial charge in [0.1, 0.15) is 0 Å². The molecule has 0 amide bonds. The molecule has 3 heteroatoms. The van der Waals surface area contributed by atoms with Gasteiger partial charge in [0.15, 0.2) is 0 Å². The molecule has 1 aromatic heterocycles. The Morgan fingerprint density at radius 3 is 2.14 bits per heavy atom. The molecule has 0 spiro atoms. The van der Waals surface area contributed by atoms with Crippen LogP contribution in [0.25, 0.3) is 44.3 Å². The Kier molecular flexibility index (Phi) is 3.84. The lowest BCUT2D eigenvalue weighted by molar-refractivity contribution is 0.358. The van der Waals surface area contributed by atoms with E-state index in [4.69, 9.17) is 15.7 Å². The molecule has 0 bridgehead atoms. The van der Waals surface area contributed by atoms with Crippen molar-refractivity contribution in [3.8, 4) is 33.5 Å². The van der Waals surface area contributed by atoms with Gasteiger partial charge in [-0.1, -0.05) is 74.0 Å². The highest BCUT2D eigenvalue weighted by Crippen LogP contribution is 2.48. The van der Waals surface area contributed by atoms with E-state index in [1.54, 1.807) is 6.20 Å². The highest BCUT2D eigenvalue weighted by atomic mass is 14.7. The van der Waals surface area contributed by atoms with Crippen molar-refractivity contribution in [2.45, 2.75) is 26.0 Å². The third kappa shape index (κ3) is 2.68. The summed E-state index contributed by atoms with van der Waals surface area (Å²) in [6.07, 6.45) is 1.80. The van der Waals surface area contributed by atoms with Crippen molar-refractivity contribution >= 4 is 26.5 Å². The molecule has 0 N–H and O–H groups in total. The Morgan fingerprint density at radius 1 is 0.724 bits per heavy atom. The SMILES string of the molecule is [B]C([B])(c1ccnc(-c2cc3c4c(cccc4c2)-c2ccccc2-3)c1)C(C)(C)C. The van der Waals surface area contributed by atoms with Crippen molar-refractivity contribution in [3.63, 3.8) is 0 Å². The number of aromatic nitrogens is 1. The van der Waals surface area contributed by atoms with E-state index in [1.165, 1.54) is 33.0 Å². The van der Waals surface area contributed by atoms with Crippen molar-refractivity contribution in [1.29, 1.82) is 0 Å². The van der Waals surface area contributed by atoms with Crippen molar-refractivity contribution in [1.82, 2.24) is 4.98 Å². The maximum atomic E-state index is 6.53. The average molecular weight is 369 g/mol. The van der Waals surface area contributed by atoms with Crippen LogP contribution in [0.1, 0.15) is 26.3 Å². The van der Waals surface area contributed by atoms with Crippen LogP contribution in [0.5, 0.6) is 0 Å². The number of hydrogen-bond donors (Lipinski definition) is 0. The minimum Gasteiger partial charge on any atom is -0.256 e. The third-order valence-electron chi connectivity index (χ3n) is 6.26. The molecule has 0 atom stereocenters. The lowest BCUT2D eigenvalue weighted by atomic mass is 9.41. The van der Waals surface area contributed by atoms with E-state index < -0.39 is 5.21 Å². The first-order valence-corrected chi connectivity index (χ1v) is 9.98. The predicted molar refractivity (Wildman–Crippen MR) is 124 cm³/mol. The van der Waals surface area contributed by atoms with Crippen molar-refractivity contribution < 1.29 is 0 Å². The average Bonchev–Trinajstić information content (AvgIpc) is 3.03. The maximum absolute atomic E-state index is 6.53. The molecule has 1 nitrogen and oxygen atoms in total. The molecular formula is C26H21B2N. The van der Waals surface area contributed by atoms with Gasteiger partial charge in [-0.05, 0) is 62.7 Å². The number of benzene rings is 3. The molecule has 0 fully saturated rings. The van der Waals surface area contributed by atoms with Crippen molar-refractivity contribution in [2.75, 3.05) is 0 Å². The molecule has 29 heavy (non-hydrogen) atoms. The fourth-order valence-electron chi connectivity index (χ4n) is 4.24. The first-order valence-electron chi connectivity index (χ1n) is 9.98. The van der Waals surface area contributed by atoms with Gasteiger partial charge in [-0.15, -0.1) is 0 Å². The highest BCUT2D eigenvalue weighted by molar-refractivity contribution is 6.40. The summed E-state index contributed by atoms with van der Waals surface area (Å²) in [5.74, 6) is 0. The van der Waals surface area contributed by atoms with Crippen LogP contribution in [0.3, 0.4) is 0 Å². The Labute approximate surface area is 175 Å². The second-order valence-electron chi connectivity index (χ2n) is 9.02. The van der Waals surface area contributed by atoms with Crippen LogP contribution in [0, 0.1) is 5.41 Å². The van der Waals surface area contributed by atoms with Gasteiger partial charge in [0.25, 0.3) is 0 Å². The molecule has 0 saturated carbocycles. The second-order valence-corrected chi connectivity index (χ2v) is 9.02. The monoisotopic (exact) mass is 369 g/mol. The summed E-state index contributed by atoms with van der Waals surface area (Å²) < 4.78 is 0. The van der Waals surface area contributed by atoms with E-state index in [1.807, 2.05) is 12.1 Å². The van der Waals surface area contributed by atoms with E-state index in [0.717, 1.165) is 16.8 Å². The van der Waals surface area contributed by atoms with Crippen molar-refractivity contribution in [3.05, 3.63) is 78.5 Å². The van der Waals surface area contributed by atoms with Crippen LogP contribution in [0.2, 0.25) is 0 Å². The first-order chi connectivity index (χ1) is 13.8. The minimum absolute atomic E-state index is 0.281. The summed E-state index contributed by atoms with van der Waals surface area (Å²) in [4.78, 5) is 4.65. The Morgan fingerprint density at radius 2 is 1.41 bits per heavy atom. The van der Waals surface area contributed by atoms with E-state index in [9.17, 15) is 0 Å². The fourth-order valence-corrected chi connectivity index (χ4v) is 4.24. The summed E-state index contributed by atoms with van der Waals surface area (Å²) in [5.41, 5.74) is 7.71. The molecular weight excluding hydrogens is 348 g/mol. The molecule has 1 heterocycles. The Hall–Kier alpha value is -2.80. The summed E-state index contributed by atoms with van der Waals surface area (Å²) >= 11 is 0. The van der Waals surface area contributed by atoms with Crippen LogP contribution in [-0.2, 0) is 5.21 Å². The zero-order chi connectivity index (χ0) is 20.4. The normalized spacial score (nSPS) is 12.9. The number of hydrogen-bond acceptors (Lipinski definition) is 1. The van der Waals surface area contributed by atoms with Gasteiger partial charge >= 0.3 is 0 Å². The molecule has 136 valence electrons. The highest BCUT2D eigenvalue weighted by Gasteiger charge is 2.33. The number of rotatable bonds is 2. The van der Waals surface area contributed by atoms with E-state index in [2.05, 4.69) is 80.4 Å². The van der Waals surface area contributed by atoms with E-state index >= 15 is 0 Å². The number of pyridine rings is 1. The molecule has 4 radical (unpaired) electrons. The van der Waals surface area contributed by atoms with Gasteiger partial charge in [-0.3, -0.25) is 4.98 Å². The molecule has 1 aliphatic rings. The van der Waals surface area contributed by atoms with Crippen LogP contribution < -0.4 is 0 Å². The van der Waals surface area contributed by atoms with E-state index in [0.29, 0.717) is 0 Å². The van der Waals surface area contributed by atoms with Gasteiger partial charge in [0.05, 0.1) is 21.4 Å². The number of nitrogens with zero attached hydrogens (tertiary/aromatic N) is 1. The van der Waals surface area contributed by atoms with Crippen LogP contribution in [-0.4, -0.2) is 20.7 Å². The molecule has 3 aromatic carbocycles. The van der Waals surface area contributed by atoms with Crippen LogP contribution in [0.4, 0.5) is 0 Å². The lowest BCUT2D eigenvalue weighted by Gasteiger charge is -2.40. The summed E-state index contributed by atoms with van der Waals surface area (Å²) in [7, 11) is 13.1. The molecule has 4 aromatic rings. The van der Waals surface area contributed by atoms with Gasteiger partial charge in [0, 0.05) is 11.8 Å². The van der Waals surface area contributed by atoms with Gasteiger partial charge in [-0.2, -0.15) is 0 Å². The van der Waals surface area contributed by atoms with Crippen molar-refractivity contribution in [2.24, 2.45) is 5.41 Å². The number of fused-ring (bicyclic) bond motifs is 3. The summed E-state index contributed by atoms with van der Waals surface area (Å²) in [5, 5.41) is 1.59. The Bertz CT molecular complexity index is 1270. The molecule has 1 aliphatic carbocycles. The fraction of sp³-hybridized carbons (Fsp3) is 0.192. The van der Waals surface area contributed by atoms with Crippen LogP contribution in [0.15, 0.2) is 72.9 Å². The third-order valence-corrected chi connectivity index (χ3v) is 6.26. The zero-order valence-corrected chi connectivity index (χ0v) is 17.0. The summed E-state index contributed by atoms with van der Waals surface area (Å²) in [6.45, 7) is 6.17. The standard InChI is InChI=1S/C26H21B2N/c1-25(2,3)26(27,28)18-11-12-29-23(15-18)17-13-16-7-6-10-21-19-8-4-5-9-20(19)22(14-17)24(16)21/h4-15H,1-3H3. The van der Waals surface area contributed by atoms with Gasteiger partial charge in [-0.25, -0.2) is 0 Å². The summed E-state index contributed by atoms with van der Waals surface area (Å²) in [6, 6.07) is 23.5. The molecule has 5 rings (SSSR count). The topological polar surface area (TPSA) is 12.9 Å².